The van der Waals surface area contributed by atoms with E-state index in [1.807, 2.05) is 0 Å². The van der Waals surface area contributed by atoms with Crippen LogP contribution < -0.4 is 0 Å². The average Bonchev–Trinajstić information content (AvgIpc) is 2.16. The smallest absolute Gasteiger partial charge is 0.266 e. The lowest BCUT2D eigenvalue weighted by Crippen LogP contribution is -2.01. The molecule has 0 saturated heterocycles. The quantitative estimate of drug-likeness (QED) is 0.867. The summed E-state index contributed by atoms with van der Waals surface area (Å²) in [6, 6.07) is 0. The molecule has 0 radical (unpaired) electrons. The summed E-state index contributed by atoms with van der Waals surface area (Å²) in [6.45, 7) is -0.315. The molecule has 2 nitrogen and oxygen atoms in total. The fourth-order valence-electron chi connectivity index (χ4n) is 1.01. The highest BCUT2D eigenvalue weighted by Crippen LogP contribution is 2.31. The van der Waals surface area contributed by atoms with Crippen molar-refractivity contribution in [2.45, 2.75) is 18.9 Å². The number of halogens is 4. The van der Waals surface area contributed by atoms with E-state index in [4.69, 9.17) is 16.7 Å². The first kappa shape index (κ1) is 11.8. The van der Waals surface area contributed by atoms with Gasteiger partial charge in [-0.1, -0.05) is 0 Å². The van der Waals surface area contributed by atoms with Gasteiger partial charge in [0.25, 0.3) is 6.43 Å². The molecule has 0 saturated carbocycles. The Morgan fingerprint density at radius 2 is 2.21 bits per heavy atom. The van der Waals surface area contributed by atoms with Crippen molar-refractivity contribution in [1.82, 2.24) is 4.98 Å². The SMILES string of the molecule is OCc1ncc(C(F)F)c(Br)c1CCl. The van der Waals surface area contributed by atoms with Crippen LogP contribution in [0.5, 0.6) is 0 Å². The molecule has 14 heavy (non-hydrogen) atoms. The van der Waals surface area contributed by atoms with Crippen LogP contribution in [0.2, 0.25) is 0 Å². The summed E-state index contributed by atoms with van der Waals surface area (Å²) in [6.07, 6.45) is -1.57. The maximum atomic E-state index is 12.4. The molecule has 0 atom stereocenters. The van der Waals surface area contributed by atoms with Crippen LogP contribution in [-0.4, -0.2) is 10.1 Å². The molecule has 0 amide bonds. The molecule has 0 spiro atoms. The maximum absolute atomic E-state index is 12.4. The van der Waals surface area contributed by atoms with Crippen molar-refractivity contribution in [3.05, 3.63) is 27.5 Å². The lowest BCUT2D eigenvalue weighted by atomic mass is 10.1. The van der Waals surface area contributed by atoms with E-state index in [1.54, 1.807) is 0 Å². The highest BCUT2D eigenvalue weighted by atomic mass is 79.9. The zero-order valence-corrected chi connectivity index (χ0v) is 9.32. The van der Waals surface area contributed by atoms with Crippen LogP contribution in [0.25, 0.3) is 0 Å². The summed E-state index contributed by atoms with van der Waals surface area (Å²) < 4.78 is 25.0. The standard InChI is InChI=1S/C8H7BrClF2NO/c9-7-4(1-10)6(3-14)13-2-5(7)8(11)12/h2,8,14H,1,3H2. The second-order valence-electron chi connectivity index (χ2n) is 2.55. The van der Waals surface area contributed by atoms with Crippen LogP contribution in [0.1, 0.15) is 23.2 Å². The van der Waals surface area contributed by atoms with Gasteiger partial charge in [-0.2, -0.15) is 0 Å². The first-order valence-electron chi connectivity index (χ1n) is 3.73. The topological polar surface area (TPSA) is 33.1 Å². The minimum atomic E-state index is -2.61. The Balaban J connectivity index is 3.27. The highest BCUT2D eigenvalue weighted by Gasteiger charge is 2.17. The van der Waals surface area contributed by atoms with Crippen LogP contribution in [-0.2, 0) is 12.5 Å². The number of nitrogens with zero attached hydrogens (tertiary/aromatic N) is 1. The number of hydrogen-bond donors (Lipinski definition) is 1. The molecule has 78 valence electrons. The summed E-state index contributed by atoms with van der Waals surface area (Å²) in [7, 11) is 0. The van der Waals surface area contributed by atoms with Gasteiger partial charge in [0, 0.05) is 16.2 Å². The summed E-state index contributed by atoms with van der Waals surface area (Å²) in [5.41, 5.74) is 0.515. The average molecular weight is 287 g/mol. The van der Waals surface area contributed by atoms with Crippen molar-refractivity contribution in [3.8, 4) is 0 Å². The lowest BCUT2D eigenvalue weighted by molar-refractivity contribution is 0.149. The molecule has 0 aliphatic heterocycles. The van der Waals surface area contributed by atoms with Gasteiger partial charge in [-0.3, -0.25) is 4.98 Å². The molecular weight excluding hydrogens is 279 g/mol. The molecule has 1 N–H and O–H groups in total. The number of rotatable bonds is 3. The molecule has 0 aromatic carbocycles. The lowest BCUT2D eigenvalue weighted by Gasteiger charge is -2.10. The Hall–Kier alpha value is -0.260. The fourth-order valence-corrected chi connectivity index (χ4v) is 2.10. The molecule has 6 heteroatoms. The summed E-state index contributed by atoms with van der Waals surface area (Å²) in [5, 5.41) is 8.87. The van der Waals surface area contributed by atoms with Crippen molar-refractivity contribution in [3.63, 3.8) is 0 Å². The minimum absolute atomic E-state index is 0.0318. The van der Waals surface area contributed by atoms with Crippen molar-refractivity contribution >= 4 is 27.5 Å². The van der Waals surface area contributed by atoms with E-state index < -0.39 is 6.43 Å². The first-order chi connectivity index (χ1) is 6.61. The molecular formula is C8H7BrClF2NO. The third kappa shape index (κ3) is 2.21. The number of aliphatic hydroxyl groups excluding tert-OH is 1. The second kappa shape index (κ2) is 5.00. The van der Waals surface area contributed by atoms with Crippen molar-refractivity contribution in [1.29, 1.82) is 0 Å². The van der Waals surface area contributed by atoms with E-state index in [0.29, 0.717) is 11.3 Å². The van der Waals surface area contributed by atoms with Gasteiger partial charge in [-0.15, -0.1) is 11.6 Å². The number of alkyl halides is 3. The van der Waals surface area contributed by atoms with Crippen molar-refractivity contribution < 1.29 is 13.9 Å². The first-order valence-corrected chi connectivity index (χ1v) is 5.05. The van der Waals surface area contributed by atoms with Gasteiger partial charge in [-0.25, -0.2) is 8.78 Å². The molecule has 1 aromatic rings. The van der Waals surface area contributed by atoms with E-state index in [2.05, 4.69) is 20.9 Å². The van der Waals surface area contributed by atoms with E-state index in [9.17, 15) is 8.78 Å². The molecule has 1 heterocycles. The van der Waals surface area contributed by atoms with Gasteiger partial charge in [0.1, 0.15) is 0 Å². The number of aliphatic hydroxyl groups is 1. The Morgan fingerprint density at radius 3 is 2.64 bits per heavy atom. The molecule has 0 fully saturated rings. The van der Waals surface area contributed by atoms with Crippen LogP contribution in [0.3, 0.4) is 0 Å². The monoisotopic (exact) mass is 285 g/mol. The van der Waals surface area contributed by atoms with E-state index in [1.165, 1.54) is 0 Å². The van der Waals surface area contributed by atoms with Crippen LogP contribution in [0.15, 0.2) is 10.7 Å². The number of hydrogen-bond acceptors (Lipinski definition) is 2. The van der Waals surface area contributed by atoms with E-state index in [-0.39, 0.29) is 22.5 Å². The molecule has 0 unspecified atom stereocenters. The van der Waals surface area contributed by atoms with E-state index >= 15 is 0 Å². The predicted octanol–water partition coefficient (Wildman–Crippen LogP) is 3.01. The largest absolute Gasteiger partial charge is 0.390 e. The van der Waals surface area contributed by atoms with Crippen molar-refractivity contribution in [2.24, 2.45) is 0 Å². The molecule has 0 aliphatic carbocycles. The molecule has 0 bridgehead atoms. The summed E-state index contributed by atoms with van der Waals surface area (Å²) in [4.78, 5) is 3.71. The van der Waals surface area contributed by atoms with Crippen molar-refractivity contribution in [2.75, 3.05) is 0 Å². The predicted molar refractivity (Wildman–Crippen MR) is 52.4 cm³/mol. The van der Waals surface area contributed by atoms with E-state index in [0.717, 1.165) is 6.20 Å². The van der Waals surface area contributed by atoms with Gasteiger partial charge in [0.05, 0.1) is 23.7 Å². The normalized spacial score (nSPS) is 11.0. The fraction of sp³-hybridized carbons (Fsp3) is 0.375. The minimum Gasteiger partial charge on any atom is -0.390 e. The summed E-state index contributed by atoms with van der Waals surface area (Å²) in [5.74, 6) is 0.0318. The Kier molecular flexibility index (Phi) is 4.22. The third-order valence-corrected chi connectivity index (χ3v) is 2.95. The second-order valence-corrected chi connectivity index (χ2v) is 3.61. The van der Waals surface area contributed by atoms with Gasteiger partial charge in [-0.05, 0) is 15.9 Å². The van der Waals surface area contributed by atoms with Gasteiger partial charge < -0.3 is 5.11 Å². The number of pyridine rings is 1. The van der Waals surface area contributed by atoms with Gasteiger partial charge in [0.15, 0.2) is 0 Å². The van der Waals surface area contributed by atoms with Crippen LogP contribution in [0.4, 0.5) is 8.78 Å². The maximum Gasteiger partial charge on any atom is 0.266 e. The third-order valence-electron chi connectivity index (χ3n) is 1.74. The molecule has 1 rings (SSSR count). The zero-order valence-electron chi connectivity index (χ0n) is 6.98. The zero-order chi connectivity index (χ0) is 10.7. The Morgan fingerprint density at radius 1 is 1.57 bits per heavy atom. The Labute approximate surface area is 93.0 Å². The highest BCUT2D eigenvalue weighted by molar-refractivity contribution is 9.10. The van der Waals surface area contributed by atoms with Crippen LogP contribution >= 0.6 is 27.5 Å². The summed E-state index contributed by atoms with van der Waals surface area (Å²) >= 11 is 8.58. The van der Waals surface area contributed by atoms with Gasteiger partial charge in [0.2, 0.25) is 0 Å². The number of aromatic nitrogens is 1. The molecule has 0 aliphatic rings. The molecule has 1 aromatic heterocycles. The Bertz CT molecular complexity index is 335. The van der Waals surface area contributed by atoms with Gasteiger partial charge >= 0.3 is 0 Å². The van der Waals surface area contributed by atoms with Crippen LogP contribution in [0, 0.1) is 0 Å².